The molecule has 38 heavy (non-hydrogen) atoms. The third kappa shape index (κ3) is 3.45. The van der Waals surface area contributed by atoms with Gasteiger partial charge in [0.05, 0.1) is 5.56 Å². The topological polar surface area (TPSA) is 161 Å². The highest BCUT2D eigenvalue weighted by Crippen LogP contribution is 2.52. The van der Waals surface area contributed by atoms with Gasteiger partial charge in [-0.25, -0.2) is 0 Å². The van der Waals surface area contributed by atoms with Gasteiger partial charge in [-0.1, -0.05) is 19.1 Å². The number of Topliss-reactive ketones (excluding diaryl/α,β-unsaturated/α-hetero) is 2. The molecule has 1 amide bonds. The van der Waals surface area contributed by atoms with E-state index >= 15 is 0 Å². The molecule has 3 aliphatic rings. The van der Waals surface area contributed by atoms with Gasteiger partial charge in [-0.15, -0.1) is 0 Å². The van der Waals surface area contributed by atoms with Crippen molar-refractivity contribution in [2.75, 3.05) is 19.0 Å². The second kappa shape index (κ2) is 8.73. The summed E-state index contributed by atoms with van der Waals surface area (Å²) in [4.78, 5) is 40.8. The van der Waals surface area contributed by atoms with Crippen molar-refractivity contribution in [3.05, 3.63) is 69.7 Å². The Morgan fingerprint density at radius 3 is 2.34 bits per heavy atom. The number of aliphatic hydroxyl groups excluding tert-OH is 2. The number of aliphatic hydroxyl groups is 3. The zero-order chi connectivity index (χ0) is 27.7. The van der Waals surface area contributed by atoms with Crippen LogP contribution in [0.1, 0.15) is 41.3 Å². The quantitative estimate of drug-likeness (QED) is 0.386. The zero-order valence-corrected chi connectivity index (χ0v) is 21.4. The van der Waals surface area contributed by atoms with Crippen LogP contribution in [0.25, 0.3) is 11.1 Å². The molecule has 0 heterocycles. The molecule has 0 spiro atoms. The van der Waals surface area contributed by atoms with E-state index in [4.69, 9.17) is 5.73 Å². The number of anilines is 1. The molecular formula is C29H30N2O7. The first kappa shape index (κ1) is 25.5. The van der Waals surface area contributed by atoms with Crippen molar-refractivity contribution in [1.29, 1.82) is 0 Å². The van der Waals surface area contributed by atoms with E-state index in [1.807, 2.05) is 56.3 Å². The fraction of sp³-hybridized carbons (Fsp3) is 0.345. The van der Waals surface area contributed by atoms with Crippen molar-refractivity contribution in [2.24, 2.45) is 17.6 Å². The van der Waals surface area contributed by atoms with Gasteiger partial charge in [0.1, 0.15) is 22.8 Å². The lowest BCUT2D eigenvalue weighted by molar-refractivity contribution is -0.144. The smallest absolute Gasteiger partial charge is 0.255 e. The molecule has 198 valence electrons. The molecule has 5 rings (SSSR count). The van der Waals surface area contributed by atoms with Crippen LogP contribution in [0.5, 0.6) is 5.75 Å². The number of hydrogen-bond donors (Lipinski definition) is 5. The molecule has 3 atom stereocenters. The number of nitrogens with two attached hydrogens (primary N) is 1. The summed E-state index contributed by atoms with van der Waals surface area (Å²) in [6.45, 7) is 1.85. The summed E-state index contributed by atoms with van der Waals surface area (Å²) in [6.07, 6.45) is 0.545. The van der Waals surface area contributed by atoms with Gasteiger partial charge in [-0.3, -0.25) is 14.4 Å². The Morgan fingerprint density at radius 1 is 1.11 bits per heavy atom. The molecule has 0 radical (unpaired) electrons. The van der Waals surface area contributed by atoms with Crippen LogP contribution in [0.2, 0.25) is 0 Å². The predicted octanol–water partition coefficient (Wildman–Crippen LogP) is 2.88. The molecule has 0 bridgehead atoms. The molecule has 2 aromatic rings. The molecule has 6 N–H and O–H groups in total. The van der Waals surface area contributed by atoms with Crippen molar-refractivity contribution in [3.63, 3.8) is 0 Å². The van der Waals surface area contributed by atoms with Gasteiger partial charge < -0.3 is 31.1 Å². The van der Waals surface area contributed by atoms with E-state index in [1.54, 1.807) is 0 Å². The van der Waals surface area contributed by atoms with Crippen LogP contribution < -0.4 is 10.6 Å². The minimum absolute atomic E-state index is 0.0349. The first-order valence-corrected chi connectivity index (χ1v) is 12.5. The summed E-state index contributed by atoms with van der Waals surface area (Å²) in [7, 11) is 3.87. The molecule has 9 nitrogen and oxygen atoms in total. The van der Waals surface area contributed by atoms with E-state index in [2.05, 4.69) is 0 Å². The highest BCUT2D eigenvalue weighted by atomic mass is 16.3. The molecule has 0 aliphatic heterocycles. The second-order valence-electron chi connectivity index (χ2n) is 10.5. The minimum Gasteiger partial charge on any atom is -0.511 e. The Labute approximate surface area is 219 Å². The third-order valence-corrected chi connectivity index (χ3v) is 8.22. The monoisotopic (exact) mass is 518 g/mol. The molecule has 3 aliphatic carbocycles. The predicted molar refractivity (Wildman–Crippen MR) is 140 cm³/mol. The summed E-state index contributed by atoms with van der Waals surface area (Å²) in [5, 5.41) is 44.1. The first-order valence-electron chi connectivity index (χ1n) is 12.5. The van der Waals surface area contributed by atoms with Crippen molar-refractivity contribution in [3.8, 4) is 16.9 Å². The van der Waals surface area contributed by atoms with E-state index in [-0.39, 0.29) is 36.1 Å². The summed E-state index contributed by atoms with van der Waals surface area (Å²) in [5.41, 5.74) is 5.59. The lowest BCUT2D eigenvalue weighted by Crippen LogP contribution is -2.57. The number of carbonyl (C=O) groups is 3. The Hall–Kier alpha value is -4.11. The summed E-state index contributed by atoms with van der Waals surface area (Å²) < 4.78 is 0. The van der Waals surface area contributed by atoms with E-state index in [1.165, 1.54) is 0 Å². The molecule has 0 saturated heterocycles. The van der Waals surface area contributed by atoms with Crippen LogP contribution >= 0.6 is 0 Å². The number of carbonyl (C=O) groups excluding carboxylic acids is 3. The Kier molecular flexibility index (Phi) is 5.87. The van der Waals surface area contributed by atoms with Gasteiger partial charge in [0.15, 0.2) is 11.4 Å². The largest absolute Gasteiger partial charge is 0.511 e. The molecular weight excluding hydrogens is 488 g/mol. The standard InChI is InChI=1S/C29H30N2O7/c1-4-13-10-18(14-5-7-17(8-6-14)31(2)3)19-11-15-9-16-12-20(32)23(28(30)37)27(36)29(16,38)26(35)21(15)25(34)22(19)24(13)33/h5-8,10,15-16,32-33,35,38H,4,9,11-12H2,1-3H3,(H2,30,37)/t15-,16+,29+/m1/s1. The zero-order valence-electron chi connectivity index (χ0n) is 21.4. The number of fused-ring (bicyclic) bond motifs is 3. The highest BCUT2D eigenvalue weighted by Gasteiger charge is 2.59. The number of hydrogen-bond acceptors (Lipinski definition) is 8. The lowest BCUT2D eigenvalue weighted by atomic mass is 9.60. The maximum atomic E-state index is 13.9. The van der Waals surface area contributed by atoms with E-state index in [0.717, 1.165) is 16.8 Å². The van der Waals surface area contributed by atoms with Crippen LogP contribution in [0.3, 0.4) is 0 Å². The molecule has 0 fully saturated rings. The van der Waals surface area contributed by atoms with Crippen LogP contribution in [0, 0.1) is 11.8 Å². The number of nitrogens with zero attached hydrogens (tertiary/aromatic N) is 1. The van der Waals surface area contributed by atoms with E-state index in [9.17, 15) is 34.8 Å². The van der Waals surface area contributed by atoms with Crippen molar-refractivity contribution in [1.82, 2.24) is 0 Å². The number of ketones is 2. The van der Waals surface area contributed by atoms with Gasteiger partial charge in [-0.05, 0) is 65.6 Å². The molecule has 0 saturated carbocycles. The van der Waals surface area contributed by atoms with Crippen LogP contribution in [-0.2, 0) is 22.4 Å². The van der Waals surface area contributed by atoms with Gasteiger partial charge in [-0.2, -0.15) is 0 Å². The molecule has 0 unspecified atom stereocenters. The average Bonchev–Trinajstić information content (AvgIpc) is 2.86. The number of amides is 1. The van der Waals surface area contributed by atoms with Crippen molar-refractivity contribution in [2.45, 2.75) is 38.2 Å². The number of aromatic hydroxyl groups is 1. The lowest BCUT2D eigenvalue weighted by Gasteiger charge is -2.45. The fourth-order valence-electron chi connectivity index (χ4n) is 6.21. The molecule has 0 aromatic heterocycles. The van der Waals surface area contributed by atoms with Crippen LogP contribution in [0.15, 0.2) is 53.0 Å². The van der Waals surface area contributed by atoms with Gasteiger partial charge in [0.2, 0.25) is 5.78 Å². The molecule has 2 aromatic carbocycles. The first-order chi connectivity index (χ1) is 17.9. The van der Waals surface area contributed by atoms with Gasteiger partial charge in [0, 0.05) is 37.7 Å². The Morgan fingerprint density at radius 2 is 1.76 bits per heavy atom. The fourth-order valence-corrected chi connectivity index (χ4v) is 6.21. The minimum atomic E-state index is -2.57. The second-order valence-corrected chi connectivity index (χ2v) is 10.5. The highest BCUT2D eigenvalue weighted by molar-refractivity contribution is 6.24. The number of primary amides is 1. The number of aryl methyl sites for hydroxylation is 1. The van der Waals surface area contributed by atoms with Crippen LogP contribution in [-0.4, -0.2) is 57.6 Å². The Balaban J connectivity index is 1.70. The van der Waals surface area contributed by atoms with Crippen molar-refractivity contribution >= 4 is 23.2 Å². The number of rotatable bonds is 4. The normalized spacial score (nSPS) is 24.6. The number of phenolic OH excluding ortho intramolecular Hbond substituents is 1. The third-order valence-electron chi connectivity index (χ3n) is 8.22. The van der Waals surface area contributed by atoms with E-state index in [0.29, 0.717) is 17.5 Å². The number of benzene rings is 2. The maximum Gasteiger partial charge on any atom is 0.255 e. The van der Waals surface area contributed by atoms with Gasteiger partial charge >= 0.3 is 0 Å². The van der Waals surface area contributed by atoms with Gasteiger partial charge in [0.25, 0.3) is 5.91 Å². The van der Waals surface area contributed by atoms with E-state index < -0.39 is 52.0 Å². The maximum absolute atomic E-state index is 13.9. The number of allylic oxidation sites excluding steroid dienone is 2. The average molecular weight is 519 g/mol. The summed E-state index contributed by atoms with van der Waals surface area (Å²) >= 11 is 0. The van der Waals surface area contributed by atoms with Crippen LogP contribution in [0.4, 0.5) is 5.69 Å². The summed E-state index contributed by atoms with van der Waals surface area (Å²) in [5.74, 6) is -6.25. The van der Waals surface area contributed by atoms with Crippen molar-refractivity contribution < 1.29 is 34.8 Å². The number of phenols is 1. The summed E-state index contributed by atoms with van der Waals surface area (Å²) in [6, 6.07) is 9.69. The Bertz CT molecular complexity index is 1470. The SMILES string of the molecule is CCc1cc(-c2ccc(N(C)C)cc2)c2c(c1O)C(=O)C1=C(O)[C@]3(O)C(=O)C(C(N)=O)=C(O)C[C@@H]3C[C@@H]1C2. The molecule has 9 heteroatoms.